The highest BCUT2D eigenvalue weighted by atomic mass is 35.5. The maximum atomic E-state index is 10.5. The minimum Gasteiger partial charge on any atom is -0.478 e. The predicted molar refractivity (Wildman–Crippen MR) is 53.1 cm³/mol. The van der Waals surface area contributed by atoms with Crippen molar-refractivity contribution in [3.63, 3.8) is 0 Å². The minimum absolute atomic E-state index is 0.142. The highest BCUT2D eigenvalue weighted by molar-refractivity contribution is 6.57. The van der Waals surface area contributed by atoms with E-state index in [0.29, 0.717) is 0 Å². The average Bonchev–Trinajstić information content (AvgIpc) is 2.04. The van der Waals surface area contributed by atoms with E-state index in [1.54, 1.807) is 12.1 Å². The van der Waals surface area contributed by atoms with E-state index in [4.69, 9.17) is 28.3 Å². The Balaban J connectivity index is 2.94. The molecular formula is C9H6Cl2O2. The van der Waals surface area contributed by atoms with E-state index in [0.717, 1.165) is 5.56 Å². The molecule has 0 saturated heterocycles. The van der Waals surface area contributed by atoms with Crippen LogP contribution in [0.5, 0.6) is 0 Å². The first-order chi connectivity index (χ1) is 6.09. The van der Waals surface area contributed by atoms with Crippen molar-refractivity contribution >= 4 is 35.2 Å². The summed E-state index contributed by atoms with van der Waals surface area (Å²) in [7, 11) is 0. The van der Waals surface area contributed by atoms with Crippen LogP contribution in [0.1, 0.15) is 15.9 Å². The topological polar surface area (TPSA) is 37.3 Å². The Labute approximate surface area is 85.4 Å². The quantitative estimate of drug-likeness (QED) is 0.825. The number of rotatable bonds is 2. The van der Waals surface area contributed by atoms with Crippen LogP contribution in [0.4, 0.5) is 0 Å². The van der Waals surface area contributed by atoms with Crippen molar-refractivity contribution in [3.05, 3.63) is 39.9 Å². The van der Waals surface area contributed by atoms with Gasteiger partial charge in [-0.2, -0.15) is 0 Å². The van der Waals surface area contributed by atoms with Crippen LogP contribution in [0, 0.1) is 0 Å². The maximum Gasteiger partial charge on any atom is 0.335 e. The van der Waals surface area contributed by atoms with E-state index in [9.17, 15) is 4.79 Å². The molecule has 2 nitrogen and oxygen atoms in total. The fourth-order valence-electron chi connectivity index (χ4n) is 0.848. The summed E-state index contributed by atoms with van der Waals surface area (Å²) >= 11 is 10.8. The normalized spacial score (nSPS) is 9.38. The first-order valence-corrected chi connectivity index (χ1v) is 4.21. The second kappa shape index (κ2) is 4.30. The molecule has 0 amide bonds. The summed E-state index contributed by atoms with van der Waals surface area (Å²) in [4.78, 5) is 10.5. The lowest BCUT2D eigenvalue weighted by Crippen LogP contribution is -1.94. The molecule has 0 saturated carbocycles. The summed E-state index contributed by atoms with van der Waals surface area (Å²) in [5, 5.41) is 8.59. The highest BCUT2D eigenvalue weighted by Gasteiger charge is 2.00. The summed E-state index contributed by atoms with van der Waals surface area (Å²) < 4.78 is 0.142. The maximum absolute atomic E-state index is 10.5. The molecule has 0 spiro atoms. The fraction of sp³-hybridized carbons (Fsp3) is 0. The first-order valence-electron chi connectivity index (χ1n) is 3.45. The van der Waals surface area contributed by atoms with Crippen molar-refractivity contribution in [2.75, 3.05) is 0 Å². The Bertz CT molecular complexity index is 337. The van der Waals surface area contributed by atoms with Gasteiger partial charge in [-0.15, -0.1) is 0 Å². The van der Waals surface area contributed by atoms with Crippen LogP contribution in [-0.2, 0) is 0 Å². The van der Waals surface area contributed by atoms with Crippen LogP contribution < -0.4 is 0 Å². The average molecular weight is 217 g/mol. The number of aromatic carboxylic acids is 1. The molecule has 0 unspecified atom stereocenters. The van der Waals surface area contributed by atoms with E-state index in [2.05, 4.69) is 0 Å². The smallest absolute Gasteiger partial charge is 0.335 e. The number of benzene rings is 1. The molecular weight excluding hydrogens is 211 g/mol. The summed E-state index contributed by atoms with van der Waals surface area (Å²) in [5.41, 5.74) is 1.01. The Morgan fingerprint density at radius 1 is 1.23 bits per heavy atom. The van der Waals surface area contributed by atoms with E-state index >= 15 is 0 Å². The molecule has 0 heterocycles. The van der Waals surface area contributed by atoms with Crippen molar-refractivity contribution in [1.82, 2.24) is 0 Å². The monoisotopic (exact) mass is 216 g/mol. The van der Waals surface area contributed by atoms with Crippen LogP contribution in [0.15, 0.2) is 28.8 Å². The number of halogens is 2. The SMILES string of the molecule is O=C(O)c1ccc(C=C(Cl)Cl)cc1. The lowest BCUT2D eigenvalue weighted by molar-refractivity contribution is 0.0697. The lowest BCUT2D eigenvalue weighted by atomic mass is 10.1. The molecule has 0 bridgehead atoms. The third kappa shape index (κ3) is 3.09. The van der Waals surface area contributed by atoms with Crippen LogP contribution >= 0.6 is 23.2 Å². The molecule has 0 aliphatic rings. The predicted octanol–water partition coefficient (Wildman–Crippen LogP) is 3.16. The molecule has 1 N–H and O–H groups in total. The van der Waals surface area contributed by atoms with Gasteiger partial charge >= 0.3 is 5.97 Å². The van der Waals surface area contributed by atoms with Gasteiger partial charge in [0.15, 0.2) is 0 Å². The Hall–Kier alpha value is -0.990. The van der Waals surface area contributed by atoms with Gasteiger partial charge in [0.05, 0.1) is 5.56 Å². The third-order valence-electron chi connectivity index (χ3n) is 1.43. The molecule has 1 rings (SSSR count). The summed E-state index contributed by atoms with van der Waals surface area (Å²) in [6.45, 7) is 0. The largest absolute Gasteiger partial charge is 0.478 e. The van der Waals surface area contributed by atoms with Gasteiger partial charge in [0, 0.05) is 0 Å². The molecule has 1 aromatic carbocycles. The minimum atomic E-state index is -0.951. The van der Waals surface area contributed by atoms with Gasteiger partial charge in [-0.1, -0.05) is 35.3 Å². The van der Waals surface area contributed by atoms with Crippen molar-refractivity contribution in [3.8, 4) is 0 Å². The van der Waals surface area contributed by atoms with Gasteiger partial charge in [0.25, 0.3) is 0 Å². The van der Waals surface area contributed by atoms with Crippen LogP contribution in [0.25, 0.3) is 6.08 Å². The third-order valence-corrected chi connectivity index (χ3v) is 1.65. The zero-order valence-electron chi connectivity index (χ0n) is 6.50. The Morgan fingerprint density at radius 3 is 2.15 bits per heavy atom. The van der Waals surface area contributed by atoms with E-state index in [1.165, 1.54) is 18.2 Å². The molecule has 68 valence electrons. The molecule has 0 radical (unpaired) electrons. The molecule has 0 aromatic heterocycles. The van der Waals surface area contributed by atoms with E-state index in [-0.39, 0.29) is 10.1 Å². The van der Waals surface area contributed by atoms with Crippen molar-refractivity contribution in [2.24, 2.45) is 0 Å². The fourth-order valence-corrected chi connectivity index (χ4v) is 1.10. The number of hydrogen-bond donors (Lipinski definition) is 1. The van der Waals surface area contributed by atoms with Crippen molar-refractivity contribution in [1.29, 1.82) is 0 Å². The number of hydrogen-bond acceptors (Lipinski definition) is 1. The van der Waals surface area contributed by atoms with Crippen molar-refractivity contribution < 1.29 is 9.90 Å². The standard InChI is InChI=1S/C9H6Cl2O2/c10-8(11)5-6-1-3-7(4-2-6)9(12)13/h1-5H,(H,12,13). The Morgan fingerprint density at radius 2 is 1.77 bits per heavy atom. The van der Waals surface area contributed by atoms with Gasteiger partial charge < -0.3 is 5.11 Å². The Kier molecular flexibility index (Phi) is 3.34. The van der Waals surface area contributed by atoms with E-state index < -0.39 is 5.97 Å². The van der Waals surface area contributed by atoms with Gasteiger partial charge in [0.2, 0.25) is 0 Å². The van der Waals surface area contributed by atoms with Gasteiger partial charge in [-0.25, -0.2) is 4.79 Å². The summed E-state index contributed by atoms with van der Waals surface area (Å²) in [6.07, 6.45) is 1.54. The van der Waals surface area contributed by atoms with Crippen LogP contribution in [0.2, 0.25) is 0 Å². The molecule has 13 heavy (non-hydrogen) atoms. The van der Waals surface area contributed by atoms with Gasteiger partial charge in [0.1, 0.15) is 4.49 Å². The molecule has 0 atom stereocenters. The van der Waals surface area contributed by atoms with Gasteiger partial charge in [-0.3, -0.25) is 0 Å². The highest BCUT2D eigenvalue weighted by Crippen LogP contribution is 2.14. The molecule has 0 aliphatic carbocycles. The van der Waals surface area contributed by atoms with E-state index in [1.807, 2.05) is 0 Å². The molecule has 0 aliphatic heterocycles. The molecule has 1 aromatic rings. The summed E-state index contributed by atoms with van der Waals surface area (Å²) in [5.74, 6) is -0.951. The van der Waals surface area contributed by atoms with Crippen LogP contribution in [-0.4, -0.2) is 11.1 Å². The molecule has 4 heteroatoms. The number of carbonyl (C=O) groups is 1. The second-order valence-corrected chi connectivity index (χ2v) is 3.37. The van der Waals surface area contributed by atoms with Crippen LogP contribution in [0.3, 0.4) is 0 Å². The summed E-state index contributed by atoms with van der Waals surface area (Å²) in [6, 6.07) is 6.25. The van der Waals surface area contributed by atoms with Gasteiger partial charge in [-0.05, 0) is 23.8 Å². The molecule has 0 fully saturated rings. The number of carboxylic acid groups (broad SMARTS) is 1. The first kappa shape index (κ1) is 10.1. The lowest BCUT2D eigenvalue weighted by Gasteiger charge is -1.95. The zero-order valence-corrected chi connectivity index (χ0v) is 8.01. The zero-order chi connectivity index (χ0) is 9.84. The number of carboxylic acids is 1. The second-order valence-electron chi connectivity index (χ2n) is 2.36. The van der Waals surface area contributed by atoms with Crippen molar-refractivity contribution in [2.45, 2.75) is 0 Å².